The Bertz CT molecular complexity index is 405. The molecule has 2 rings (SSSR count). The number of nitrogens with one attached hydrogen (secondary N) is 1. The minimum Gasteiger partial charge on any atom is -0.479 e. The fourth-order valence-electron chi connectivity index (χ4n) is 1.56. The highest BCUT2D eigenvalue weighted by molar-refractivity contribution is 5.82. The maximum absolute atomic E-state index is 11.6. The van der Waals surface area contributed by atoms with Gasteiger partial charge in [0.15, 0.2) is 11.9 Å². The van der Waals surface area contributed by atoms with Crippen molar-refractivity contribution in [1.29, 1.82) is 0 Å². The predicted octanol–water partition coefficient (Wildman–Crippen LogP) is -0.682. The van der Waals surface area contributed by atoms with Gasteiger partial charge in [0.1, 0.15) is 6.10 Å². The quantitative estimate of drug-likeness (QED) is 0.717. The summed E-state index contributed by atoms with van der Waals surface area (Å²) < 4.78 is 9.58. The summed E-state index contributed by atoms with van der Waals surface area (Å²) in [5.41, 5.74) is 0. The van der Waals surface area contributed by atoms with E-state index in [1.54, 1.807) is 0 Å². The SMILES string of the molecule is O=C(NCc1ncon1)[C@@H]1CC[C@H](C(=O)O)O1. The number of aliphatic carboxylic acids is 1. The van der Waals surface area contributed by atoms with Gasteiger partial charge in [0.2, 0.25) is 12.3 Å². The molecule has 8 nitrogen and oxygen atoms in total. The van der Waals surface area contributed by atoms with Crippen molar-refractivity contribution in [2.24, 2.45) is 0 Å². The van der Waals surface area contributed by atoms with Gasteiger partial charge in [0.25, 0.3) is 0 Å². The van der Waals surface area contributed by atoms with Gasteiger partial charge in [-0.1, -0.05) is 5.16 Å². The molecule has 0 aliphatic carbocycles. The molecule has 0 spiro atoms. The highest BCUT2D eigenvalue weighted by Gasteiger charge is 2.34. The number of carboxylic acids is 1. The fourth-order valence-corrected chi connectivity index (χ4v) is 1.56. The first-order chi connectivity index (χ1) is 8.16. The molecule has 2 heterocycles. The number of hydrogen-bond donors (Lipinski definition) is 2. The van der Waals surface area contributed by atoms with Crippen molar-refractivity contribution >= 4 is 11.9 Å². The van der Waals surface area contributed by atoms with Crippen LogP contribution < -0.4 is 5.32 Å². The van der Waals surface area contributed by atoms with Crippen LogP contribution in [0.4, 0.5) is 0 Å². The van der Waals surface area contributed by atoms with Crippen LogP contribution in [-0.4, -0.2) is 39.3 Å². The Labute approximate surface area is 95.9 Å². The Morgan fingerprint density at radius 1 is 1.47 bits per heavy atom. The van der Waals surface area contributed by atoms with Gasteiger partial charge < -0.3 is 19.7 Å². The zero-order valence-electron chi connectivity index (χ0n) is 8.83. The molecular weight excluding hydrogens is 230 g/mol. The Balaban J connectivity index is 1.79. The maximum Gasteiger partial charge on any atom is 0.332 e. The van der Waals surface area contributed by atoms with Crippen LogP contribution in [0.15, 0.2) is 10.9 Å². The topological polar surface area (TPSA) is 115 Å². The van der Waals surface area contributed by atoms with E-state index < -0.39 is 18.2 Å². The number of rotatable bonds is 4. The lowest BCUT2D eigenvalue weighted by atomic mass is 10.2. The summed E-state index contributed by atoms with van der Waals surface area (Å²) in [6.45, 7) is 0.132. The smallest absolute Gasteiger partial charge is 0.332 e. The molecule has 1 fully saturated rings. The molecule has 0 bridgehead atoms. The summed E-state index contributed by atoms with van der Waals surface area (Å²) in [4.78, 5) is 25.9. The molecule has 1 aliphatic heterocycles. The number of aromatic nitrogens is 2. The number of carbonyl (C=O) groups is 2. The van der Waals surface area contributed by atoms with E-state index >= 15 is 0 Å². The summed E-state index contributed by atoms with van der Waals surface area (Å²) in [6.07, 6.45) is 0.289. The standard InChI is InChI=1S/C9H11N3O5/c13-8(10-3-7-11-4-16-12-7)5-1-2-6(17-5)9(14)15/h4-6H,1-3H2,(H,10,13)(H,14,15)/t5-,6+/m0/s1. The third-order valence-corrected chi connectivity index (χ3v) is 2.42. The van der Waals surface area contributed by atoms with Gasteiger partial charge in [-0.2, -0.15) is 4.98 Å². The summed E-state index contributed by atoms with van der Waals surface area (Å²) >= 11 is 0. The first-order valence-electron chi connectivity index (χ1n) is 5.08. The highest BCUT2D eigenvalue weighted by Crippen LogP contribution is 2.19. The van der Waals surface area contributed by atoms with Crippen molar-refractivity contribution in [3.63, 3.8) is 0 Å². The van der Waals surface area contributed by atoms with E-state index in [-0.39, 0.29) is 12.5 Å². The molecule has 17 heavy (non-hydrogen) atoms. The average Bonchev–Trinajstić information content (AvgIpc) is 2.96. The van der Waals surface area contributed by atoms with Crippen molar-refractivity contribution in [2.45, 2.75) is 31.6 Å². The molecule has 2 atom stereocenters. The molecule has 92 valence electrons. The van der Waals surface area contributed by atoms with Gasteiger partial charge in [-0.15, -0.1) is 0 Å². The van der Waals surface area contributed by atoms with Gasteiger partial charge in [0, 0.05) is 0 Å². The van der Waals surface area contributed by atoms with Gasteiger partial charge in [-0.3, -0.25) is 4.79 Å². The lowest BCUT2D eigenvalue weighted by Gasteiger charge is -2.10. The van der Waals surface area contributed by atoms with Crippen LogP contribution in [0.3, 0.4) is 0 Å². The Morgan fingerprint density at radius 3 is 2.82 bits per heavy atom. The number of ether oxygens (including phenoxy) is 1. The summed E-state index contributed by atoms with van der Waals surface area (Å²) in [5.74, 6) is -1.05. The first kappa shape index (κ1) is 11.5. The second kappa shape index (κ2) is 4.91. The molecule has 0 radical (unpaired) electrons. The summed E-state index contributed by atoms with van der Waals surface area (Å²) in [6, 6.07) is 0. The Morgan fingerprint density at radius 2 is 2.24 bits per heavy atom. The zero-order valence-corrected chi connectivity index (χ0v) is 8.83. The summed E-state index contributed by atoms with van der Waals surface area (Å²) in [5, 5.41) is 14.8. The van der Waals surface area contributed by atoms with Crippen LogP contribution >= 0.6 is 0 Å². The molecule has 0 unspecified atom stereocenters. The van der Waals surface area contributed by atoms with Crippen molar-refractivity contribution in [1.82, 2.24) is 15.5 Å². The molecule has 0 aromatic carbocycles. The van der Waals surface area contributed by atoms with E-state index in [9.17, 15) is 9.59 Å². The molecule has 1 saturated heterocycles. The lowest BCUT2D eigenvalue weighted by molar-refractivity contribution is -0.151. The van der Waals surface area contributed by atoms with Gasteiger partial charge in [-0.25, -0.2) is 4.79 Å². The molecular formula is C9H11N3O5. The number of amides is 1. The number of carboxylic acid groups (broad SMARTS) is 1. The number of hydrogen-bond acceptors (Lipinski definition) is 6. The summed E-state index contributed by atoms with van der Waals surface area (Å²) in [7, 11) is 0. The fraction of sp³-hybridized carbons (Fsp3) is 0.556. The van der Waals surface area contributed by atoms with Gasteiger partial charge >= 0.3 is 5.97 Å². The minimum absolute atomic E-state index is 0.132. The predicted molar refractivity (Wildman–Crippen MR) is 51.7 cm³/mol. The molecule has 0 saturated carbocycles. The van der Waals surface area contributed by atoms with Crippen LogP contribution in [0.25, 0.3) is 0 Å². The van der Waals surface area contributed by atoms with E-state index in [1.807, 2.05) is 0 Å². The monoisotopic (exact) mass is 241 g/mol. The van der Waals surface area contributed by atoms with Crippen LogP contribution in [0.2, 0.25) is 0 Å². The van der Waals surface area contributed by atoms with Crippen LogP contribution in [0.5, 0.6) is 0 Å². The van der Waals surface area contributed by atoms with Crippen molar-refractivity contribution < 1.29 is 24.0 Å². The third-order valence-electron chi connectivity index (χ3n) is 2.42. The second-order valence-corrected chi connectivity index (χ2v) is 3.59. The molecule has 8 heteroatoms. The van der Waals surface area contributed by atoms with E-state index in [0.717, 1.165) is 6.39 Å². The van der Waals surface area contributed by atoms with Crippen LogP contribution in [0.1, 0.15) is 18.7 Å². The van der Waals surface area contributed by atoms with E-state index in [0.29, 0.717) is 18.7 Å². The largest absolute Gasteiger partial charge is 0.479 e. The lowest BCUT2D eigenvalue weighted by Crippen LogP contribution is -2.35. The van der Waals surface area contributed by atoms with Crippen molar-refractivity contribution in [2.75, 3.05) is 0 Å². The molecule has 1 amide bonds. The normalized spacial score (nSPS) is 23.5. The molecule has 1 aromatic heterocycles. The van der Waals surface area contributed by atoms with Crippen LogP contribution in [0, 0.1) is 0 Å². The Kier molecular flexibility index (Phi) is 3.33. The van der Waals surface area contributed by atoms with E-state index in [1.165, 1.54) is 0 Å². The van der Waals surface area contributed by atoms with Crippen molar-refractivity contribution in [3.05, 3.63) is 12.2 Å². The average molecular weight is 241 g/mol. The molecule has 1 aliphatic rings. The zero-order chi connectivity index (χ0) is 12.3. The number of carbonyl (C=O) groups excluding carboxylic acids is 1. The van der Waals surface area contributed by atoms with Crippen LogP contribution in [-0.2, 0) is 20.9 Å². The molecule has 1 aromatic rings. The van der Waals surface area contributed by atoms with Gasteiger partial charge in [-0.05, 0) is 12.8 Å². The Hall–Kier alpha value is -1.96. The molecule has 2 N–H and O–H groups in total. The minimum atomic E-state index is -1.04. The third kappa shape index (κ3) is 2.78. The maximum atomic E-state index is 11.6. The second-order valence-electron chi connectivity index (χ2n) is 3.59. The van der Waals surface area contributed by atoms with Crippen molar-refractivity contribution in [3.8, 4) is 0 Å². The van der Waals surface area contributed by atoms with Gasteiger partial charge in [0.05, 0.1) is 6.54 Å². The van der Waals surface area contributed by atoms with E-state index in [2.05, 4.69) is 20.0 Å². The number of nitrogens with zero attached hydrogens (tertiary/aromatic N) is 2. The first-order valence-corrected chi connectivity index (χ1v) is 5.08. The van der Waals surface area contributed by atoms with E-state index in [4.69, 9.17) is 9.84 Å². The highest BCUT2D eigenvalue weighted by atomic mass is 16.5.